The van der Waals surface area contributed by atoms with Gasteiger partial charge in [-0.3, -0.25) is 4.79 Å². The molecule has 2 N–H and O–H groups in total. The first-order valence-electron chi connectivity index (χ1n) is 6.92. The highest BCUT2D eigenvalue weighted by Crippen LogP contribution is 2.27. The van der Waals surface area contributed by atoms with Crippen LogP contribution in [0, 0.1) is 5.82 Å². The number of carbonyl (C=O) groups is 1. The third-order valence-electron chi connectivity index (χ3n) is 2.85. The Morgan fingerprint density at radius 1 is 1.29 bits per heavy atom. The number of hydrogen-bond acceptors (Lipinski definition) is 4. The first-order valence-corrected chi connectivity index (χ1v) is 7.73. The molecule has 0 saturated heterocycles. The molecule has 0 saturated carbocycles. The zero-order valence-corrected chi connectivity index (χ0v) is 12.7. The van der Waals surface area contributed by atoms with Crippen LogP contribution in [-0.4, -0.2) is 30.5 Å². The van der Waals surface area contributed by atoms with Crippen molar-refractivity contribution in [1.82, 2.24) is 15.6 Å². The van der Waals surface area contributed by atoms with Gasteiger partial charge in [-0.25, -0.2) is 9.37 Å². The number of halogens is 1. The summed E-state index contributed by atoms with van der Waals surface area (Å²) in [6, 6.07) is 6.42. The Morgan fingerprint density at radius 2 is 2.10 bits per heavy atom. The normalized spacial score (nSPS) is 10.6. The van der Waals surface area contributed by atoms with E-state index in [0.717, 1.165) is 19.5 Å². The number of thiazole rings is 1. The second-order valence-electron chi connectivity index (χ2n) is 4.52. The van der Waals surface area contributed by atoms with Crippen LogP contribution in [0.5, 0.6) is 0 Å². The van der Waals surface area contributed by atoms with Crippen molar-refractivity contribution >= 4 is 17.2 Å². The van der Waals surface area contributed by atoms with Crippen molar-refractivity contribution in [3.05, 3.63) is 41.2 Å². The zero-order chi connectivity index (χ0) is 15.1. The highest BCUT2D eigenvalue weighted by Gasteiger charge is 2.13. The van der Waals surface area contributed by atoms with Crippen molar-refractivity contribution in [2.75, 3.05) is 19.6 Å². The molecule has 0 aliphatic heterocycles. The third-order valence-corrected chi connectivity index (χ3v) is 3.88. The van der Waals surface area contributed by atoms with Gasteiger partial charge in [-0.15, -0.1) is 11.3 Å². The van der Waals surface area contributed by atoms with Gasteiger partial charge in [0.15, 0.2) is 0 Å². The van der Waals surface area contributed by atoms with Gasteiger partial charge in [0.1, 0.15) is 15.7 Å². The zero-order valence-electron chi connectivity index (χ0n) is 11.9. The van der Waals surface area contributed by atoms with Crippen LogP contribution in [0.4, 0.5) is 4.39 Å². The van der Waals surface area contributed by atoms with Crippen LogP contribution < -0.4 is 10.6 Å². The van der Waals surface area contributed by atoms with Crippen LogP contribution in [0.15, 0.2) is 30.5 Å². The van der Waals surface area contributed by atoms with Crippen LogP contribution in [0.1, 0.15) is 23.0 Å². The predicted molar refractivity (Wildman–Crippen MR) is 83.0 cm³/mol. The molecule has 0 fully saturated rings. The summed E-state index contributed by atoms with van der Waals surface area (Å²) in [7, 11) is 0. The van der Waals surface area contributed by atoms with Gasteiger partial charge in [-0.1, -0.05) is 19.1 Å². The standard InChI is InChI=1S/C15H18FN3OS/c1-2-7-17-8-9-18-14(20)13-10-19-15(21-13)11-5-3-4-6-12(11)16/h3-6,10,17H,2,7-9H2,1H3,(H,18,20). The summed E-state index contributed by atoms with van der Waals surface area (Å²) in [6.45, 7) is 4.32. The topological polar surface area (TPSA) is 54.0 Å². The van der Waals surface area contributed by atoms with E-state index in [-0.39, 0.29) is 11.7 Å². The average Bonchev–Trinajstić information content (AvgIpc) is 2.97. The second-order valence-corrected chi connectivity index (χ2v) is 5.55. The summed E-state index contributed by atoms with van der Waals surface area (Å²) < 4.78 is 13.7. The molecule has 0 unspecified atom stereocenters. The van der Waals surface area contributed by atoms with Crippen molar-refractivity contribution in [3.63, 3.8) is 0 Å². The van der Waals surface area contributed by atoms with Crippen LogP contribution >= 0.6 is 11.3 Å². The van der Waals surface area contributed by atoms with Crippen molar-refractivity contribution in [1.29, 1.82) is 0 Å². The first-order chi connectivity index (χ1) is 10.2. The monoisotopic (exact) mass is 307 g/mol. The lowest BCUT2D eigenvalue weighted by Gasteiger charge is -2.04. The first kappa shape index (κ1) is 15.6. The van der Waals surface area contributed by atoms with Crippen molar-refractivity contribution in [3.8, 4) is 10.6 Å². The molecule has 2 rings (SSSR count). The smallest absolute Gasteiger partial charge is 0.263 e. The van der Waals surface area contributed by atoms with Crippen LogP contribution in [0.3, 0.4) is 0 Å². The maximum absolute atomic E-state index is 13.7. The van der Waals surface area contributed by atoms with Crippen molar-refractivity contribution in [2.45, 2.75) is 13.3 Å². The van der Waals surface area contributed by atoms with E-state index in [9.17, 15) is 9.18 Å². The van der Waals surface area contributed by atoms with Gasteiger partial charge in [-0.2, -0.15) is 0 Å². The lowest BCUT2D eigenvalue weighted by molar-refractivity contribution is 0.0958. The fourth-order valence-corrected chi connectivity index (χ4v) is 2.65. The number of nitrogens with zero attached hydrogens (tertiary/aromatic N) is 1. The molecule has 6 heteroatoms. The van der Waals surface area contributed by atoms with E-state index in [2.05, 4.69) is 22.5 Å². The Balaban J connectivity index is 1.94. The molecule has 112 valence electrons. The summed E-state index contributed by atoms with van der Waals surface area (Å²) in [5.74, 6) is -0.504. The number of hydrogen-bond donors (Lipinski definition) is 2. The van der Waals surface area contributed by atoms with Gasteiger partial charge < -0.3 is 10.6 Å². The van der Waals surface area contributed by atoms with E-state index >= 15 is 0 Å². The summed E-state index contributed by atoms with van der Waals surface area (Å²) in [6.07, 6.45) is 2.55. The van der Waals surface area contributed by atoms with E-state index in [4.69, 9.17) is 0 Å². The highest BCUT2D eigenvalue weighted by atomic mass is 32.1. The molecule has 4 nitrogen and oxygen atoms in total. The maximum atomic E-state index is 13.7. The van der Waals surface area contributed by atoms with Gasteiger partial charge >= 0.3 is 0 Å². The van der Waals surface area contributed by atoms with E-state index < -0.39 is 0 Å². The molecule has 2 aromatic rings. The minimum Gasteiger partial charge on any atom is -0.350 e. The minimum atomic E-state index is -0.331. The molecule has 0 bridgehead atoms. The van der Waals surface area contributed by atoms with Crippen LogP contribution in [-0.2, 0) is 0 Å². The number of carbonyl (C=O) groups excluding carboxylic acids is 1. The fraction of sp³-hybridized carbons (Fsp3) is 0.333. The summed E-state index contributed by atoms with van der Waals surface area (Å²) in [5.41, 5.74) is 0.422. The molecule has 1 aromatic carbocycles. The largest absolute Gasteiger partial charge is 0.350 e. The number of rotatable bonds is 7. The lowest BCUT2D eigenvalue weighted by Crippen LogP contribution is -2.31. The number of benzene rings is 1. The number of aromatic nitrogens is 1. The molecule has 1 aromatic heterocycles. The van der Waals surface area contributed by atoms with Crippen LogP contribution in [0.25, 0.3) is 10.6 Å². The highest BCUT2D eigenvalue weighted by molar-refractivity contribution is 7.16. The van der Waals surface area contributed by atoms with E-state index in [1.165, 1.54) is 23.6 Å². The Hall–Kier alpha value is -1.79. The van der Waals surface area contributed by atoms with Gasteiger partial charge in [-0.05, 0) is 25.1 Å². The Labute approximate surface area is 127 Å². The molecule has 0 atom stereocenters. The average molecular weight is 307 g/mol. The van der Waals surface area contributed by atoms with Crippen molar-refractivity contribution in [2.24, 2.45) is 0 Å². The maximum Gasteiger partial charge on any atom is 0.263 e. The molecular formula is C15H18FN3OS. The summed E-state index contributed by atoms with van der Waals surface area (Å²) >= 11 is 1.19. The summed E-state index contributed by atoms with van der Waals surface area (Å²) in [5, 5.41) is 6.53. The lowest BCUT2D eigenvalue weighted by atomic mass is 10.2. The van der Waals surface area contributed by atoms with Gasteiger partial charge in [0, 0.05) is 18.7 Å². The Bertz CT molecular complexity index is 600. The van der Waals surface area contributed by atoms with Gasteiger partial charge in [0.2, 0.25) is 0 Å². The van der Waals surface area contributed by atoms with E-state index in [0.29, 0.717) is 22.0 Å². The molecule has 0 radical (unpaired) electrons. The number of amides is 1. The molecule has 1 heterocycles. The van der Waals surface area contributed by atoms with Crippen LogP contribution in [0.2, 0.25) is 0 Å². The predicted octanol–water partition coefficient (Wildman–Crippen LogP) is 2.68. The Morgan fingerprint density at radius 3 is 2.86 bits per heavy atom. The quantitative estimate of drug-likeness (QED) is 0.773. The minimum absolute atomic E-state index is 0.173. The molecule has 1 amide bonds. The van der Waals surface area contributed by atoms with Gasteiger partial charge in [0.05, 0.1) is 6.20 Å². The van der Waals surface area contributed by atoms with E-state index in [1.807, 2.05) is 0 Å². The Kier molecular flexibility index (Phi) is 5.83. The second kappa shape index (κ2) is 7.85. The van der Waals surface area contributed by atoms with Gasteiger partial charge in [0.25, 0.3) is 5.91 Å². The number of nitrogens with one attached hydrogen (secondary N) is 2. The molecule has 0 aliphatic rings. The van der Waals surface area contributed by atoms with E-state index in [1.54, 1.807) is 18.2 Å². The molecule has 0 spiro atoms. The molecule has 0 aliphatic carbocycles. The SMILES string of the molecule is CCCNCCNC(=O)c1cnc(-c2ccccc2F)s1. The molecular weight excluding hydrogens is 289 g/mol. The summed E-state index contributed by atoms with van der Waals surface area (Å²) in [4.78, 5) is 16.6. The molecule has 21 heavy (non-hydrogen) atoms. The third kappa shape index (κ3) is 4.34. The fourth-order valence-electron chi connectivity index (χ4n) is 1.79. The van der Waals surface area contributed by atoms with Crippen molar-refractivity contribution < 1.29 is 9.18 Å².